The Balaban J connectivity index is 1.20. The van der Waals surface area contributed by atoms with Crippen LogP contribution in [-0.4, -0.2) is 81.2 Å². The summed E-state index contributed by atoms with van der Waals surface area (Å²) in [5, 5.41) is 8.10. The Kier molecular flexibility index (Phi) is 5.81. The number of urea groups is 1. The number of carbonyl (C=O) groups is 2. The van der Waals surface area contributed by atoms with Crippen molar-refractivity contribution < 1.29 is 19.1 Å². The van der Waals surface area contributed by atoms with E-state index in [-0.39, 0.29) is 17.7 Å². The molecule has 0 aromatic carbocycles. The number of fused-ring (bicyclic) bond motifs is 2. The van der Waals surface area contributed by atoms with Crippen LogP contribution in [0, 0.1) is 0 Å². The van der Waals surface area contributed by atoms with Gasteiger partial charge in [-0.1, -0.05) is 0 Å². The standard InChI is InChI=1S/C27H34N8O4/c1-26(2,3)39-25(37)35-13-12-33(16-27(35)8-9-27)19-6-10-28-22-18(19)7-11-34(22)24(36)30-20-14-17-15-32(4)31-21(17)23(29-20)38-5/h6,10,14-15H,7-9,11-13,16H2,1-5H3,(H,30,36). The molecule has 3 amide bonds. The van der Waals surface area contributed by atoms with E-state index in [0.29, 0.717) is 49.1 Å². The lowest BCUT2D eigenvalue weighted by atomic mass is 10.1. The van der Waals surface area contributed by atoms with E-state index in [0.717, 1.165) is 36.0 Å². The fourth-order valence-corrected chi connectivity index (χ4v) is 5.63. The van der Waals surface area contributed by atoms with Gasteiger partial charge in [0.05, 0.1) is 12.6 Å². The van der Waals surface area contributed by atoms with E-state index in [9.17, 15) is 9.59 Å². The van der Waals surface area contributed by atoms with Crippen LogP contribution in [0.4, 0.5) is 26.9 Å². The number of nitrogens with one attached hydrogen (secondary N) is 1. The van der Waals surface area contributed by atoms with Crippen LogP contribution in [0.15, 0.2) is 24.5 Å². The lowest BCUT2D eigenvalue weighted by molar-refractivity contribution is 0.0106. The number of hydrogen-bond acceptors (Lipinski definition) is 8. The molecule has 3 aromatic heterocycles. The molecule has 2 fully saturated rings. The largest absolute Gasteiger partial charge is 0.479 e. The van der Waals surface area contributed by atoms with E-state index < -0.39 is 5.60 Å². The molecule has 0 bridgehead atoms. The smallest absolute Gasteiger partial charge is 0.410 e. The third kappa shape index (κ3) is 4.57. The fraction of sp³-hybridized carbons (Fsp3) is 0.519. The molecule has 12 nitrogen and oxygen atoms in total. The zero-order valence-electron chi connectivity index (χ0n) is 23.0. The maximum Gasteiger partial charge on any atom is 0.410 e. The molecular weight excluding hydrogens is 500 g/mol. The van der Waals surface area contributed by atoms with Gasteiger partial charge in [-0.15, -0.1) is 0 Å². The third-order valence-electron chi connectivity index (χ3n) is 7.53. The second-order valence-electron chi connectivity index (χ2n) is 11.5. The highest BCUT2D eigenvalue weighted by Crippen LogP contribution is 2.47. The lowest BCUT2D eigenvalue weighted by Crippen LogP contribution is -2.58. The number of nitrogens with zero attached hydrogens (tertiary/aromatic N) is 7. The highest BCUT2D eigenvalue weighted by atomic mass is 16.6. The molecule has 1 spiro atoms. The van der Waals surface area contributed by atoms with Crippen LogP contribution in [0.3, 0.4) is 0 Å². The topological polar surface area (TPSA) is 118 Å². The molecular formula is C27H34N8O4. The molecule has 1 N–H and O–H groups in total. The van der Waals surface area contributed by atoms with E-state index in [2.05, 4.69) is 25.3 Å². The van der Waals surface area contributed by atoms with Crippen molar-refractivity contribution in [2.75, 3.05) is 48.4 Å². The van der Waals surface area contributed by atoms with Gasteiger partial charge in [0.1, 0.15) is 17.2 Å². The molecule has 2 aliphatic heterocycles. The number of methoxy groups -OCH3 is 1. The molecule has 1 saturated carbocycles. The van der Waals surface area contributed by atoms with Crippen LogP contribution < -0.4 is 19.9 Å². The first kappa shape index (κ1) is 25.2. The number of hydrogen-bond donors (Lipinski definition) is 1. The van der Waals surface area contributed by atoms with Gasteiger partial charge in [0.2, 0.25) is 5.88 Å². The van der Waals surface area contributed by atoms with Crippen molar-refractivity contribution in [2.45, 2.75) is 51.2 Å². The van der Waals surface area contributed by atoms with Gasteiger partial charge in [0.15, 0.2) is 5.52 Å². The number of pyridine rings is 2. The molecule has 3 aromatic rings. The summed E-state index contributed by atoms with van der Waals surface area (Å²) in [6, 6.07) is 3.50. The summed E-state index contributed by atoms with van der Waals surface area (Å²) in [5.74, 6) is 1.39. The average Bonchev–Trinajstić information content (AvgIpc) is 3.31. The zero-order valence-corrected chi connectivity index (χ0v) is 23.0. The van der Waals surface area contributed by atoms with E-state index in [4.69, 9.17) is 9.47 Å². The van der Waals surface area contributed by atoms with Gasteiger partial charge in [-0.25, -0.2) is 14.6 Å². The molecule has 0 atom stereocenters. The van der Waals surface area contributed by atoms with Crippen LogP contribution in [-0.2, 0) is 18.2 Å². The summed E-state index contributed by atoms with van der Waals surface area (Å²) >= 11 is 0. The number of ether oxygens (including phenoxy) is 2. The minimum absolute atomic E-state index is 0.192. The number of aromatic nitrogens is 4. The Morgan fingerprint density at radius 2 is 1.95 bits per heavy atom. The summed E-state index contributed by atoms with van der Waals surface area (Å²) < 4.78 is 12.8. The predicted molar refractivity (Wildman–Crippen MR) is 146 cm³/mol. The first-order valence-corrected chi connectivity index (χ1v) is 13.3. The quantitative estimate of drug-likeness (QED) is 0.542. The molecule has 0 radical (unpaired) electrons. The molecule has 6 rings (SSSR count). The molecule has 3 aliphatic rings. The van der Waals surface area contributed by atoms with Gasteiger partial charge >= 0.3 is 12.1 Å². The van der Waals surface area contributed by atoms with Crippen molar-refractivity contribution in [3.63, 3.8) is 0 Å². The van der Waals surface area contributed by atoms with Crippen molar-refractivity contribution in [1.82, 2.24) is 24.6 Å². The monoisotopic (exact) mass is 534 g/mol. The zero-order chi connectivity index (χ0) is 27.5. The van der Waals surface area contributed by atoms with Crippen molar-refractivity contribution in [3.05, 3.63) is 30.1 Å². The predicted octanol–water partition coefficient (Wildman–Crippen LogP) is 3.56. The summed E-state index contributed by atoms with van der Waals surface area (Å²) in [7, 11) is 3.36. The highest BCUT2D eigenvalue weighted by molar-refractivity contribution is 6.03. The van der Waals surface area contributed by atoms with Crippen molar-refractivity contribution in [1.29, 1.82) is 0 Å². The van der Waals surface area contributed by atoms with E-state index >= 15 is 0 Å². The Bertz CT molecular complexity index is 1460. The van der Waals surface area contributed by atoms with E-state index in [1.165, 1.54) is 7.11 Å². The summed E-state index contributed by atoms with van der Waals surface area (Å²) in [6.45, 7) is 8.23. The van der Waals surface area contributed by atoms with Crippen molar-refractivity contribution >= 4 is 40.4 Å². The summed E-state index contributed by atoms with van der Waals surface area (Å²) in [4.78, 5) is 41.1. The first-order valence-electron chi connectivity index (χ1n) is 13.3. The highest BCUT2D eigenvalue weighted by Gasteiger charge is 2.54. The number of anilines is 3. The van der Waals surface area contributed by atoms with Crippen LogP contribution in [0.25, 0.3) is 10.9 Å². The van der Waals surface area contributed by atoms with Crippen molar-refractivity contribution in [3.8, 4) is 5.88 Å². The Hall–Kier alpha value is -4.09. The minimum Gasteiger partial charge on any atom is -0.479 e. The SMILES string of the molecule is COc1nc(NC(=O)N2CCc3c(N4CCN(C(=O)OC(C)(C)C)C5(CC5)C4)ccnc32)cc2cn(C)nc12. The Labute approximate surface area is 226 Å². The molecule has 39 heavy (non-hydrogen) atoms. The lowest BCUT2D eigenvalue weighted by Gasteiger charge is -2.43. The number of aryl methyl sites for hydroxylation is 1. The second kappa shape index (κ2) is 8.99. The Morgan fingerprint density at radius 1 is 1.15 bits per heavy atom. The van der Waals surface area contributed by atoms with E-state index in [1.54, 1.807) is 21.8 Å². The second-order valence-corrected chi connectivity index (χ2v) is 11.5. The van der Waals surface area contributed by atoms with Crippen molar-refractivity contribution in [2.24, 2.45) is 7.05 Å². The van der Waals surface area contributed by atoms with Gasteiger partial charge in [-0.3, -0.25) is 19.8 Å². The van der Waals surface area contributed by atoms with Crippen LogP contribution in [0.2, 0.25) is 0 Å². The average molecular weight is 535 g/mol. The van der Waals surface area contributed by atoms with Crippen LogP contribution >= 0.6 is 0 Å². The number of rotatable bonds is 3. The first-order chi connectivity index (χ1) is 18.6. The van der Waals surface area contributed by atoms with Gasteiger partial charge in [0, 0.05) is 62.3 Å². The van der Waals surface area contributed by atoms with Crippen LogP contribution in [0.1, 0.15) is 39.2 Å². The van der Waals surface area contributed by atoms with Gasteiger partial charge in [-0.2, -0.15) is 10.1 Å². The fourth-order valence-electron chi connectivity index (χ4n) is 5.63. The minimum atomic E-state index is -0.523. The summed E-state index contributed by atoms with van der Waals surface area (Å²) in [6.07, 6.45) is 5.98. The number of amides is 3. The molecule has 12 heteroatoms. The van der Waals surface area contributed by atoms with Gasteiger partial charge < -0.3 is 14.4 Å². The molecule has 0 unspecified atom stereocenters. The number of piperazine rings is 1. The molecule has 1 aliphatic carbocycles. The number of carbonyl (C=O) groups excluding carboxylic acids is 2. The maximum atomic E-state index is 13.4. The van der Waals surface area contributed by atoms with Gasteiger partial charge in [0.25, 0.3) is 0 Å². The molecule has 5 heterocycles. The molecule has 206 valence electrons. The normalized spacial score (nSPS) is 17.9. The summed E-state index contributed by atoms with van der Waals surface area (Å²) in [5.41, 5.74) is 2.03. The van der Waals surface area contributed by atoms with Gasteiger partial charge in [-0.05, 0) is 52.2 Å². The third-order valence-corrected chi connectivity index (χ3v) is 7.53. The van der Waals surface area contributed by atoms with Crippen LogP contribution in [0.5, 0.6) is 5.88 Å². The Morgan fingerprint density at radius 3 is 2.67 bits per heavy atom. The molecule has 1 saturated heterocycles. The van der Waals surface area contributed by atoms with E-state index in [1.807, 2.05) is 45.0 Å². The maximum absolute atomic E-state index is 13.4.